The first-order valence-corrected chi connectivity index (χ1v) is 17.9. The van der Waals surface area contributed by atoms with E-state index in [-0.39, 0.29) is 39.4 Å². The van der Waals surface area contributed by atoms with Gasteiger partial charge in [-0.3, -0.25) is 0 Å². The molecule has 0 saturated carbocycles. The number of carboxylic acids is 3. The largest absolute Gasteiger partial charge is 3.00 e. The van der Waals surface area contributed by atoms with Gasteiger partial charge < -0.3 is 29.7 Å². The zero-order valence-electron chi connectivity index (χ0n) is 28.5. The Bertz CT molecular complexity index is 480. The van der Waals surface area contributed by atoms with Crippen LogP contribution in [0, 0.1) is 0 Å². The molecular weight excluding hydrogens is 721 g/mol. The maximum absolute atomic E-state index is 10.1. The van der Waals surface area contributed by atoms with Crippen LogP contribution in [0.2, 0.25) is 0 Å². The van der Waals surface area contributed by atoms with Gasteiger partial charge in [-0.05, 0) is 38.5 Å². The Balaban J connectivity index is -0.000000262. The molecule has 7 heteroatoms. The minimum Gasteiger partial charge on any atom is -0.550 e. The van der Waals surface area contributed by atoms with Crippen molar-refractivity contribution in [1.82, 2.24) is 0 Å². The monoisotopic (exact) mass is 790 g/mol. The normalized spacial score (nSPS) is 10.1. The summed E-state index contributed by atoms with van der Waals surface area (Å²) in [6.07, 6.45) is 33.5. The van der Waals surface area contributed by atoms with Crippen molar-refractivity contribution in [3.63, 3.8) is 0 Å². The van der Waals surface area contributed by atoms with Gasteiger partial charge in [-0.1, -0.05) is 175 Å². The molecule has 0 aliphatic rings. The number of unbranched alkanes of at least 4 members (excludes halogenated alkanes) is 24. The molecule has 0 aromatic rings. The Morgan fingerprint density at radius 2 is 0.442 bits per heavy atom. The summed E-state index contributed by atoms with van der Waals surface area (Å²) in [7, 11) is 0. The molecule has 0 heterocycles. The first-order valence-electron chi connectivity index (χ1n) is 17.9. The summed E-state index contributed by atoms with van der Waals surface area (Å²) in [5, 5.41) is 30.3. The topological polar surface area (TPSA) is 120 Å². The molecule has 0 bridgehead atoms. The molecule has 6 nitrogen and oxygen atoms in total. The van der Waals surface area contributed by atoms with E-state index < -0.39 is 17.9 Å². The molecule has 43 heavy (non-hydrogen) atoms. The molecule has 258 valence electrons. The molecule has 0 amide bonds. The van der Waals surface area contributed by atoms with Crippen molar-refractivity contribution in [3.05, 3.63) is 0 Å². The van der Waals surface area contributed by atoms with Gasteiger partial charge in [-0.25, -0.2) is 0 Å². The van der Waals surface area contributed by atoms with Crippen molar-refractivity contribution in [2.24, 2.45) is 0 Å². The van der Waals surface area contributed by atoms with Gasteiger partial charge in [0.25, 0.3) is 0 Å². The molecule has 0 radical (unpaired) electrons. The molecule has 0 unspecified atom stereocenters. The Labute approximate surface area is 280 Å². The molecule has 0 atom stereocenters. The predicted molar refractivity (Wildman–Crippen MR) is 171 cm³/mol. The van der Waals surface area contributed by atoms with Gasteiger partial charge in [0.15, 0.2) is 0 Å². The van der Waals surface area contributed by atoms with Gasteiger partial charge in [0.05, 0.1) is 0 Å². The first-order chi connectivity index (χ1) is 20.3. The molecule has 0 spiro atoms. The number of hydrogen-bond donors (Lipinski definition) is 0. The van der Waals surface area contributed by atoms with E-state index in [1.54, 1.807) is 0 Å². The summed E-state index contributed by atoms with van der Waals surface area (Å²) < 4.78 is 0. The maximum Gasteiger partial charge on any atom is 3.00 e. The van der Waals surface area contributed by atoms with Crippen LogP contribution in [0.3, 0.4) is 0 Å². The van der Waals surface area contributed by atoms with Crippen LogP contribution in [0.25, 0.3) is 0 Å². The van der Waals surface area contributed by atoms with Crippen LogP contribution in [0.5, 0.6) is 0 Å². The minimum atomic E-state index is -0.909. The Morgan fingerprint density at radius 1 is 0.302 bits per heavy atom. The number of aliphatic carboxylic acids is 3. The molecule has 0 aliphatic carbocycles. The van der Waals surface area contributed by atoms with Crippen molar-refractivity contribution in [3.8, 4) is 0 Å². The zero-order chi connectivity index (χ0) is 31.9. The van der Waals surface area contributed by atoms with Crippen LogP contribution in [-0.2, 0) is 34.5 Å². The summed E-state index contributed by atoms with van der Waals surface area (Å²) in [5.41, 5.74) is 0. The number of carbonyl (C=O) groups is 3. The quantitative estimate of drug-likeness (QED) is 0.0682. The van der Waals surface area contributed by atoms with Gasteiger partial charge in [-0.15, -0.1) is 0 Å². The number of hydrogen-bond acceptors (Lipinski definition) is 6. The number of carbonyl (C=O) groups excluding carboxylic acids is 3. The smallest absolute Gasteiger partial charge is 0.550 e. The molecular formula is C36H69IrO6. The summed E-state index contributed by atoms with van der Waals surface area (Å²) in [6, 6.07) is 0. The van der Waals surface area contributed by atoms with E-state index in [0.29, 0.717) is 0 Å². The van der Waals surface area contributed by atoms with E-state index in [9.17, 15) is 29.7 Å². The third kappa shape index (κ3) is 60.9. The molecule has 0 saturated heterocycles. The van der Waals surface area contributed by atoms with Crippen molar-refractivity contribution < 1.29 is 49.8 Å². The average Bonchev–Trinajstić information content (AvgIpc) is 2.95. The van der Waals surface area contributed by atoms with E-state index in [0.717, 1.165) is 38.5 Å². The minimum absolute atomic E-state index is 0. The summed E-state index contributed by atoms with van der Waals surface area (Å²) in [6.45, 7) is 6.67. The maximum atomic E-state index is 10.1. The van der Waals surface area contributed by atoms with Gasteiger partial charge in [0.1, 0.15) is 0 Å². The van der Waals surface area contributed by atoms with Crippen LogP contribution < -0.4 is 15.3 Å². The van der Waals surface area contributed by atoms with Gasteiger partial charge in [0, 0.05) is 17.9 Å². The molecule has 0 aliphatic heterocycles. The first kappa shape index (κ1) is 49.0. The molecule has 0 fully saturated rings. The van der Waals surface area contributed by atoms with Crippen molar-refractivity contribution in [2.75, 3.05) is 0 Å². The van der Waals surface area contributed by atoms with E-state index in [4.69, 9.17) is 0 Å². The Hall–Kier alpha value is -0.941. The SMILES string of the molecule is CCCCCCCCCCCC(=O)[O-].CCCCCCCCCCCC(=O)[O-].CCCCCCCCCCCC(=O)[O-].[Ir+3]. The molecule has 0 N–H and O–H groups in total. The fourth-order valence-electron chi connectivity index (χ4n) is 4.74. The van der Waals surface area contributed by atoms with Crippen LogP contribution in [-0.4, -0.2) is 17.9 Å². The standard InChI is InChI=1S/3C12H24O2.Ir/c3*1-2-3-4-5-6-7-8-9-10-11-12(13)14;/h3*2-11H2,1H3,(H,13,14);/q;;;+3/p-3. The second-order valence-corrected chi connectivity index (χ2v) is 11.9. The summed E-state index contributed by atoms with van der Waals surface area (Å²) in [5.74, 6) is -2.73. The van der Waals surface area contributed by atoms with E-state index in [1.807, 2.05) is 0 Å². The summed E-state index contributed by atoms with van der Waals surface area (Å²) >= 11 is 0. The van der Waals surface area contributed by atoms with Crippen molar-refractivity contribution >= 4 is 17.9 Å². The fourth-order valence-corrected chi connectivity index (χ4v) is 4.74. The van der Waals surface area contributed by atoms with Crippen LogP contribution in [0.1, 0.15) is 213 Å². The molecule has 0 aromatic heterocycles. The second kappa shape index (κ2) is 45.5. The van der Waals surface area contributed by atoms with Crippen LogP contribution in [0.15, 0.2) is 0 Å². The number of rotatable bonds is 30. The van der Waals surface area contributed by atoms with Gasteiger partial charge >= 0.3 is 20.1 Å². The van der Waals surface area contributed by atoms with E-state index in [2.05, 4.69) is 20.8 Å². The Morgan fingerprint density at radius 3 is 0.581 bits per heavy atom. The third-order valence-electron chi connectivity index (χ3n) is 7.45. The van der Waals surface area contributed by atoms with Crippen molar-refractivity contribution in [1.29, 1.82) is 0 Å². The molecule has 0 rings (SSSR count). The zero-order valence-corrected chi connectivity index (χ0v) is 30.9. The molecule has 0 aromatic carbocycles. The fraction of sp³-hybridized carbons (Fsp3) is 0.917. The Kier molecular flexibility index (Phi) is 51.8. The van der Waals surface area contributed by atoms with Gasteiger partial charge in [0.2, 0.25) is 0 Å². The average molecular weight is 790 g/mol. The van der Waals surface area contributed by atoms with Crippen LogP contribution in [0.4, 0.5) is 0 Å². The van der Waals surface area contributed by atoms with Crippen LogP contribution >= 0.6 is 0 Å². The third-order valence-corrected chi connectivity index (χ3v) is 7.45. The van der Waals surface area contributed by atoms with Crippen molar-refractivity contribution in [2.45, 2.75) is 213 Å². The number of carboxylic acid groups (broad SMARTS) is 3. The summed E-state index contributed by atoms with van der Waals surface area (Å²) in [4.78, 5) is 30.3. The van der Waals surface area contributed by atoms with E-state index in [1.165, 1.54) is 135 Å². The second-order valence-electron chi connectivity index (χ2n) is 11.9. The van der Waals surface area contributed by atoms with Gasteiger partial charge in [-0.2, -0.15) is 0 Å². The predicted octanol–water partition coefficient (Wildman–Crippen LogP) is 7.97. The van der Waals surface area contributed by atoms with E-state index >= 15 is 0 Å².